The number of ether oxygens (including phenoxy) is 1. The van der Waals surface area contributed by atoms with E-state index in [2.05, 4.69) is 10.6 Å². The van der Waals surface area contributed by atoms with E-state index in [1.165, 1.54) is 0 Å². The van der Waals surface area contributed by atoms with Crippen LogP contribution in [-0.2, 0) is 16.1 Å². The lowest BCUT2D eigenvalue weighted by Gasteiger charge is -2.23. The van der Waals surface area contributed by atoms with Crippen LogP contribution in [0, 0.1) is 0 Å². The monoisotopic (exact) mass is 319 g/mol. The van der Waals surface area contributed by atoms with Crippen molar-refractivity contribution in [3.63, 3.8) is 0 Å². The van der Waals surface area contributed by atoms with E-state index < -0.39 is 18.0 Å². The predicted octanol–water partition coefficient (Wildman–Crippen LogP) is 1.03. The van der Waals surface area contributed by atoms with Gasteiger partial charge >= 0.3 is 6.03 Å². The van der Waals surface area contributed by atoms with Gasteiger partial charge in [-0.05, 0) is 24.1 Å². The largest absolute Gasteiger partial charge is 0.497 e. The van der Waals surface area contributed by atoms with Crippen molar-refractivity contribution in [3.05, 3.63) is 29.8 Å². The van der Waals surface area contributed by atoms with Gasteiger partial charge in [0.05, 0.1) is 13.5 Å². The molecule has 2 N–H and O–H groups in total. The van der Waals surface area contributed by atoms with Gasteiger partial charge in [-0.15, -0.1) is 0 Å². The SMILES string of the molecule is CCCN(Cc1ccc(OC)cc1)C(=O)C[C@H]1NC(=O)NC1=O. The van der Waals surface area contributed by atoms with E-state index in [1.807, 2.05) is 31.2 Å². The Kier molecular flexibility index (Phi) is 5.56. The first kappa shape index (κ1) is 16.8. The van der Waals surface area contributed by atoms with Crippen molar-refractivity contribution < 1.29 is 19.1 Å². The van der Waals surface area contributed by atoms with Crippen LogP contribution in [0.15, 0.2) is 24.3 Å². The zero-order chi connectivity index (χ0) is 16.8. The van der Waals surface area contributed by atoms with Gasteiger partial charge in [0, 0.05) is 13.1 Å². The van der Waals surface area contributed by atoms with Gasteiger partial charge in [0.15, 0.2) is 0 Å². The molecule has 1 atom stereocenters. The van der Waals surface area contributed by atoms with E-state index in [0.717, 1.165) is 17.7 Å². The predicted molar refractivity (Wildman–Crippen MR) is 83.8 cm³/mol. The number of nitrogens with zero attached hydrogens (tertiary/aromatic N) is 1. The molecule has 7 heteroatoms. The van der Waals surface area contributed by atoms with Crippen LogP contribution in [0.3, 0.4) is 0 Å². The van der Waals surface area contributed by atoms with Gasteiger partial charge in [-0.2, -0.15) is 0 Å². The Hall–Kier alpha value is -2.57. The summed E-state index contributed by atoms with van der Waals surface area (Å²) in [5.74, 6) is 0.140. The van der Waals surface area contributed by atoms with Gasteiger partial charge < -0.3 is 15.0 Å². The van der Waals surface area contributed by atoms with Crippen molar-refractivity contribution >= 4 is 17.8 Å². The molecular formula is C16H21N3O4. The van der Waals surface area contributed by atoms with E-state index >= 15 is 0 Å². The molecule has 0 aliphatic carbocycles. The molecule has 0 radical (unpaired) electrons. The van der Waals surface area contributed by atoms with Gasteiger partial charge in [0.25, 0.3) is 5.91 Å². The standard InChI is InChI=1S/C16H21N3O4/c1-3-8-19(10-11-4-6-12(23-2)7-5-11)14(20)9-13-15(21)18-16(22)17-13/h4-7,13H,3,8-10H2,1-2H3,(H2,17,18,21,22)/t13-/m1/s1. The molecule has 124 valence electrons. The van der Waals surface area contributed by atoms with Gasteiger partial charge in [0.2, 0.25) is 5.91 Å². The lowest BCUT2D eigenvalue weighted by atomic mass is 10.1. The third kappa shape index (κ3) is 4.45. The second-order valence-corrected chi connectivity index (χ2v) is 5.38. The van der Waals surface area contributed by atoms with Crippen molar-refractivity contribution in [1.29, 1.82) is 0 Å². The van der Waals surface area contributed by atoms with Crippen LogP contribution in [0.5, 0.6) is 5.75 Å². The Balaban J connectivity index is 2.00. The van der Waals surface area contributed by atoms with Crippen molar-refractivity contribution in [2.24, 2.45) is 0 Å². The van der Waals surface area contributed by atoms with Gasteiger partial charge in [0.1, 0.15) is 11.8 Å². The molecule has 1 saturated heterocycles. The molecule has 0 spiro atoms. The van der Waals surface area contributed by atoms with Gasteiger partial charge in [-0.25, -0.2) is 4.79 Å². The highest BCUT2D eigenvalue weighted by molar-refractivity contribution is 6.05. The molecule has 1 aliphatic rings. The summed E-state index contributed by atoms with van der Waals surface area (Å²) in [5, 5.41) is 4.58. The van der Waals surface area contributed by atoms with E-state index in [9.17, 15) is 14.4 Å². The number of hydrogen-bond donors (Lipinski definition) is 2. The van der Waals surface area contributed by atoms with E-state index in [-0.39, 0.29) is 12.3 Å². The maximum absolute atomic E-state index is 12.4. The number of nitrogens with one attached hydrogen (secondary N) is 2. The van der Waals surface area contributed by atoms with Gasteiger partial charge in [-0.1, -0.05) is 19.1 Å². The first-order valence-corrected chi connectivity index (χ1v) is 7.55. The minimum Gasteiger partial charge on any atom is -0.497 e. The number of carbonyl (C=O) groups is 3. The normalized spacial score (nSPS) is 16.7. The van der Waals surface area contributed by atoms with Crippen LogP contribution in [0.4, 0.5) is 4.79 Å². The molecule has 0 bridgehead atoms. The first-order chi connectivity index (χ1) is 11.0. The third-order valence-electron chi connectivity index (χ3n) is 3.62. The second-order valence-electron chi connectivity index (χ2n) is 5.38. The third-order valence-corrected chi connectivity index (χ3v) is 3.62. The fraction of sp³-hybridized carbons (Fsp3) is 0.438. The number of methoxy groups -OCH3 is 1. The molecule has 0 saturated carbocycles. The summed E-state index contributed by atoms with van der Waals surface area (Å²) in [4.78, 5) is 36.8. The number of hydrogen-bond acceptors (Lipinski definition) is 4. The smallest absolute Gasteiger partial charge is 0.322 e. The second kappa shape index (κ2) is 7.62. The molecule has 1 fully saturated rings. The quantitative estimate of drug-likeness (QED) is 0.735. The molecular weight excluding hydrogens is 298 g/mol. The van der Waals surface area contributed by atoms with Crippen LogP contribution in [0.1, 0.15) is 25.3 Å². The van der Waals surface area contributed by atoms with E-state index in [1.54, 1.807) is 12.0 Å². The lowest BCUT2D eigenvalue weighted by Crippen LogP contribution is -2.39. The summed E-state index contributed by atoms with van der Waals surface area (Å²) in [6.07, 6.45) is 0.777. The summed E-state index contributed by atoms with van der Waals surface area (Å²) < 4.78 is 5.11. The fourth-order valence-corrected chi connectivity index (χ4v) is 2.42. The van der Waals surface area contributed by atoms with Crippen LogP contribution < -0.4 is 15.4 Å². The Labute approximate surface area is 135 Å². The first-order valence-electron chi connectivity index (χ1n) is 7.55. The molecule has 1 aliphatic heterocycles. The van der Waals surface area contributed by atoms with Crippen LogP contribution in [0.2, 0.25) is 0 Å². The Bertz CT molecular complexity index is 585. The van der Waals surface area contributed by atoms with Crippen LogP contribution in [-0.4, -0.2) is 42.4 Å². The maximum atomic E-state index is 12.4. The van der Waals surface area contributed by atoms with Crippen molar-refractivity contribution in [1.82, 2.24) is 15.5 Å². The fourth-order valence-electron chi connectivity index (χ4n) is 2.42. The van der Waals surface area contributed by atoms with E-state index in [4.69, 9.17) is 4.74 Å². The summed E-state index contributed by atoms with van der Waals surface area (Å²) in [6.45, 7) is 3.03. The molecule has 1 heterocycles. The molecule has 0 unspecified atom stereocenters. The van der Waals surface area contributed by atoms with Crippen molar-refractivity contribution in [3.8, 4) is 5.75 Å². The number of urea groups is 1. The summed E-state index contributed by atoms with van der Waals surface area (Å²) in [6, 6.07) is 6.15. The zero-order valence-electron chi connectivity index (χ0n) is 13.3. The maximum Gasteiger partial charge on any atom is 0.322 e. The highest BCUT2D eigenvalue weighted by atomic mass is 16.5. The molecule has 1 aromatic rings. The lowest BCUT2D eigenvalue weighted by molar-refractivity contribution is -0.134. The number of amides is 4. The average molecular weight is 319 g/mol. The van der Waals surface area contributed by atoms with Crippen LogP contribution >= 0.6 is 0 Å². The highest BCUT2D eigenvalue weighted by Crippen LogP contribution is 2.14. The number of imide groups is 1. The Morgan fingerprint density at radius 1 is 1.26 bits per heavy atom. The van der Waals surface area contributed by atoms with Gasteiger partial charge in [-0.3, -0.25) is 14.9 Å². The molecule has 4 amide bonds. The van der Waals surface area contributed by atoms with Crippen molar-refractivity contribution in [2.45, 2.75) is 32.4 Å². The number of rotatable bonds is 7. The minimum absolute atomic E-state index is 0.0340. The van der Waals surface area contributed by atoms with Crippen LogP contribution in [0.25, 0.3) is 0 Å². The minimum atomic E-state index is -0.787. The summed E-state index contributed by atoms with van der Waals surface area (Å²) >= 11 is 0. The molecule has 1 aromatic carbocycles. The average Bonchev–Trinajstić information content (AvgIpc) is 2.85. The number of benzene rings is 1. The summed E-state index contributed by atoms with van der Waals surface area (Å²) in [5.41, 5.74) is 0.979. The Morgan fingerprint density at radius 3 is 2.48 bits per heavy atom. The Morgan fingerprint density at radius 2 is 1.96 bits per heavy atom. The highest BCUT2D eigenvalue weighted by Gasteiger charge is 2.32. The molecule has 7 nitrogen and oxygen atoms in total. The zero-order valence-corrected chi connectivity index (χ0v) is 13.3. The molecule has 0 aromatic heterocycles. The molecule has 23 heavy (non-hydrogen) atoms. The molecule has 2 rings (SSSR count). The van der Waals surface area contributed by atoms with E-state index in [0.29, 0.717) is 13.1 Å². The number of carbonyl (C=O) groups excluding carboxylic acids is 3. The van der Waals surface area contributed by atoms with Crippen molar-refractivity contribution in [2.75, 3.05) is 13.7 Å². The topological polar surface area (TPSA) is 87.7 Å². The summed E-state index contributed by atoms with van der Waals surface area (Å²) in [7, 11) is 1.60.